The lowest BCUT2D eigenvalue weighted by Gasteiger charge is -2.08. The third-order valence-corrected chi connectivity index (χ3v) is 8.08. The van der Waals surface area contributed by atoms with Gasteiger partial charge in [0.15, 0.2) is 0 Å². The number of hydrogen-bond acceptors (Lipinski definition) is 1. The van der Waals surface area contributed by atoms with E-state index in [0.29, 0.717) is 0 Å². The number of unbranched alkanes of at least 4 members (excludes halogenated alkanes) is 18. The molecule has 0 aliphatic heterocycles. The molecule has 1 aromatic rings. The summed E-state index contributed by atoms with van der Waals surface area (Å²) in [7, 11) is 0. The molecule has 0 saturated heterocycles. The Hall–Kier alpha value is -1.18. The summed E-state index contributed by atoms with van der Waals surface area (Å²) in [5.74, 6) is 5.88. The summed E-state index contributed by atoms with van der Waals surface area (Å²) in [6.45, 7) is 4.57. The zero-order valence-electron chi connectivity index (χ0n) is 22.1. The van der Waals surface area contributed by atoms with Crippen molar-refractivity contribution in [3.8, 4) is 24.7 Å². The van der Waals surface area contributed by atoms with Crippen molar-refractivity contribution in [2.24, 2.45) is 0 Å². The van der Waals surface area contributed by atoms with Gasteiger partial charge in [-0.3, -0.25) is 0 Å². The highest BCUT2D eigenvalue weighted by atomic mass is 32.1. The van der Waals surface area contributed by atoms with E-state index in [0.717, 1.165) is 22.6 Å². The molecule has 0 amide bonds. The van der Waals surface area contributed by atoms with Crippen LogP contribution in [0.15, 0.2) is 0 Å². The van der Waals surface area contributed by atoms with E-state index in [1.54, 1.807) is 11.3 Å². The smallest absolute Gasteiger partial charge is 0.0813 e. The Kier molecular flexibility index (Phi) is 19.3. The zero-order chi connectivity index (χ0) is 24.0. The molecule has 0 saturated carbocycles. The van der Waals surface area contributed by atoms with Gasteiger partial charge in [-0.1, -0.05) is 141 Å². The molecule has 186 valence electrons. The summed E-state index contributed by atoms with van der Waals surface area (Å²) in [4.78, 5) is 2.20. The summed E-state index contributed by atoms with van der Waals surface area (Å²) < 4.78 is 0. The molecule has 1 heteroatoms. The zero-order valence-corrected chi connectivity index (χ0v) is 22.9. The fraction of sp³-hybridized carbons (Fsp3) is 0.750. The summed E-state index contributed by atoms with van der Waals surface area (Å²) in [5.41, 5.74) is 2.82. The molecule has 0 radical (unpaired) electrons. The molecule has 1 aromatic heterocycles. The van der Waals surface area contributed by atoms with Gasteiger partial charge in [-0.25, -0.2) is 0 Å². The Morgan fingerprint density at radius 2 is 0.727 bits per heavy atom. The van der Waals surface area contributed by atoms with Gasteiger partial charge in [-0.15, -0.1) is 24.2 Å². The van der Waals surface area contributed by atoms with Crippen molar-refractivity contribution in [1.82, 2.24) is 0 Å². The lowest BCUT2D eigenvalue weighted by atomic mass is 9.96. The van der Waals surface area contributed by atoms with Crippen LogP contribution in [-0.2, 0) is 12.8 Å². The van der Waals surface area contributed by atoms with E-state index in [4.69, 9.17) is 12.8 Å². The lowest BCUT2D eigenvalue weighted by Crippen LogP contribution is -1.96. The van der Waals surface area contributed by atoms with Crippen LogP contribution >= 0.6 is 11.3 Å². The van der Waals surface area contributed by atoms with E-state index >= 15 is 0 Å². The average molecular weight is 469 g/mol. The van der Waals surface area contributed by atoms with Crippen LogP contribution in [0.3, 0.4) is 0 Å². The maximum atomic E-state index is 5.85. The predicted molar refractivity (Wildman–Crippen MR) is 151 cm³/mol. The highest BCUT2D eigenvalue weighted by Crippen LogP contribution is 2.31. The Morgan fingerprint density at radius 3 is 1.00 bits per heavy atom. The first-order valence-corrected chi connectivity index (χ1v) is 15.2. The highest BCUT2D eigenvalue weighted by Gasteiger charge is 2.15. The Morgan fingerprint density at radius 1 is 0.455 bits per heavy atom. The van der Waals surface area contributed by atoms with Crippen LogP contribution < -0.4 is 0 Å². The van der Waals surface area contributed by atoms with Crippen molar-refractivity contribution in [3.05, 3.63) is 20.9 Å². The van der Waals surface area contributed by atoms with Crippen molar-refractivity contribution < 1.29 is 0 Å². The molecular formula is C32H52S. The van der Waals surface area contributed by atoms with Crippen molar-refractivity contribution in [2.45, 2.75) is 155 Å². The van der Waals surface area contributed by atoms with Crippen LogP contribution in [0.1, 0.15) is 163 Å². The minimum Gasteiger partial charge on any atom is -0.117 e. The standard InChI is InChI=1S/C32H52S/c1-5-9-11-13-15-17-19-21-23-25-27-29-30(32(8-4)33-31(29)7-3)28-26-24-22-20-18-16-14-12-10-6-2/h3-4H,5-6,9-28H2,1-2H3. The van der Waals surface area contributed by atoms with Gasteiger partial charge in [-0.2, -0.15) is 0 Å². The molecule has 1 rings (SSSR count). The highest BCUT2D eigenvalue weighted by molar-refractivity contribution is 7.13. The molecule has 0 aliphatic rings. The monoisotopic (exact) mass is 468 g/mol. The Labute approximate surface area is 211 Å². The minimum atomic E-state index is 1.10. The van der Waals surface area contributed by atoms with Crippen LogP contribution in [0.4, 0.5) is 0 Å². The second-order valence-electron chi connectivity index (χ2n) is 9.87. The van der Waals surface area contributed by atoms with Crippen LogP contribution in [0.2, 0.25) is 0 Å². The Bertz CT molecular complexity index is 609. The van der Waals surface area contributed by atoms with E-state index < -0.39 is 0 Å². The number of rotatable bonds is 22. The quantitative estimate of drug-likeness (QED) is 0.117. The second-order valence-corrected chi connectivity index (χ2v) is 10.9. The molecule has 0 aromatic carbocycles. The van der Waals surface area contributed by atoms with Gasteiger partial charge < -0.3 is 0 Å². The normalized spacial score (nSPS) is 10.9. The first-order valence-electron chi connectivity index (χ1n) is 14.4. The van der Waals surface area contributed by atoms with E-state index in [1.165, 1.54) is 140 Å². The number of thiophene rings is 1. The third kappa shape index (κ3) is 14.0. The van der Waals surface area contributed by atoms with Gasteiger partial charge in [0, 0.05) is 0 Å². The van der Waals surface area contributed by atoms with Crippen LogP contribution in [0.25, 0.3) is 0 Å². The number of terminal acetylenes is 2. The fourth-order valence-corrected chi connectivity index (χ4v) is 5.86. The molecule has 33 heavy (non-hydrogen) atoms. The molecule has 0 N–H and O–H groups in total. The molecule has 0 aliphatic carbocycles. The van der Waals surface area contributed by atoms with Gasteiger partial charge in [0.25, 0.3) is 0 Å². The van der Waals surface area contributed by atoms with E-state index in [2.05, 4.69) is 25.7 Å². The summed E-state index contributed by atoms with van der Waals surface area (Å²) in [5, 5.41) is 0. The van der Waals surface area contributed by atoms with Crippen molar-refractivity contribution in [3.63, 3.8) is 0 Å². The molecule has 0 nitrogen and oxygen atoms in total. The van der Waals surface area contributed by atoms with Crippen molar-refractivity contribution in [1.29, 1.82) is 0 Å². The largest absolute Gasteiger partial charge is 0.117 e. The fourth-order valence-electron chi connectivity index (χ4n) is 4.84. The van der Waals surface area contributed by atoms with E-state index in [-0.39, 0.29) is 0 Å². The minimum absolute atomic E-state index is 1.10. The maximum absolute atomic E-state index is 5.85. The summed E-state index contributed by atoms with van der Waals surface area (Å²) in [6, 6.07) is 0. The number of hydrogen-bond donors (Lipinski definition) is 0. The van der Waals surface area contributed by atoms with Gasteiger partial charge in [0.05, 0.1) is 9.75 Å². The topological polar surface area (TPSA) is 0 Å². The summed E-state index contributed by atoms with van der Waals surface area (Å²) >= 11 is 1.68. The van der Waals surface area contributed by atoms with Crippen LogP contribution in [0.5, 0.6) is 0 Å². The second kappa shape index (κ2) is 21.4. The van der Waals surface area contributed by atoms with Gasteiger partial charge in [0.1, 0.15) is 0 Å². The van der Waals surface area contributed by atoms with Crippen LogP contribution in [0, 0.1) is 24.7 Å². The van der Waals surface area contributed by atoms with Crippen LogP contribution in [-0.4, -0.2) is 0 Å². The molecular weight excluding hydrogens is 416 g/mol. The molecule has 0 atom stereocenters. The molecule has 0 spiro atoms. The third-order valence-electron chi connectivity index (χ3n) is 6.94. The SMILES string of the molecule is C#Cc1sc(C#C)c(CCCCCCCCCCCC)c1CCCCCCCCCCCC. The molecule has 0 fully saturated rings. The average Bonchev–Trinajstić information content (AvgIpc) is 3.18. The van der Waals surface area contributed by atoms with Gasteiger partial charge in [0.2, 0.25) is 0 Å². The van der Waals surface area contributed by atoms with Gasteiger partial charge >= 0.3 is 0 Å². The predicted octanol–water partition coefficient (Wildman–Crippen LogP) is 10.6. The van der Waals surface area contributed by atoms with E-state index in [1.807, 2.05) is 0 Å². The first-order chi connectivity index (χ1) is 16.3. The summed E-state index contributed by atoms with van der Waals surface area (Å²) in [6.07, 6.45) is 41.4. The Balaban J connectivity index is 2.30. The molecule has 1 heterocycles. The van der Waals surface area contributed by atoms with Crippen molar-refractivity contribution in [2.75, 3.05) is 0 Å². The van der Waals surface area contributed by atoms with Crippen molar-refractivity contribution >= 4 is 11.3 Å². The van der Waals surface area contributed by atoms with E-state index in [9.17, 15) is 0 Å². The first kappa shape index (κ1) is 29.9. The maximum Gasteiger partial charge on any atom is 0.0813 e. The van der Waals surface area contributed by atoms with Gasteiger partial charge in [-0.05, 0) is 36.8 Å². The lowest BCUT2D eigenvalue weighted by molar-refractivity contribution is 0.553. The molecule has 0 unspecified atom stereocenters. The molecule has 0 bridgehead atoms.